The molecular formula is C19H22ClN3O2S. The molecule has 2 amide bonds. The topological polar surface area (TPSA) is 70.2 Å². The summed E-state index contributed by atoms with van der Waals surface area (Å²) >= 11 is 8.00. The third-order valence-electron chi connectivity index (χ3n) is 4.37. The Morgan fingerprint density at radius 2 is 2.19 bits per heavy atom. The van der Waals surface area contributed by atoms with Gasteiger partial charge in [0.15, 0.2) is 0 Å². The second-order valence-electron chi connectivity index (χ2n) is 6.71. The highest BCUT2D eigenvalue weighted by Crippen LogP contribution is 2.30. The number of rotatable bonds is 5. The molecule has 7 heteroatoms. The van der Waals surface area contributed by atoms with Crippen LogP contribution in [0.15, 0.2) is 35.0 Å². The van der Waals surface area contributed by atoms with Crippen molar-refractivity contribution in [3.63, 3.8) is 0 Å². The maximum Gasteiger partial charge on any atom is 0.223 e. The number of thiophene rings is 1. The van der Waals surface area contributed by atoms with Gasteiger partial charge in [0, 0.05) is 35.5 Å². The van der Waals surface area contributed by atoms with E-state index in [1.165, 1.54) is 0 Å². The van der Waals surface area contributed by atoms with Gasteiger partial charge in [-0.05, 0) is 40.1 Å². The maximum absolute atomic E-state index is 12.2. The minimum Gasteiger partial charge on any atom is -0.352 e. The van der Waals surface area contributed by atoms with Crippen LogP contribution < -0.4 is 16.0 Å². The van der Waals surface area contributed by atoms with Crippen LogP contribution in [0.4, 0.5) is 0 Å². The van der Waals surface area contributed by atoms with Gasteiger partial charge in [-0.15, -0.1) is 0 Å². The van der Waals surface area contributed by atoms with Gasteiger partial charge >= 0.3 is 0 Å². The highest BCUT2D eigenvalue weighted by Gasteiger charge is 2.29. The SMILES string of the molecule is CC(C)C(=O)NCc1ccc(Cl)c(C2NC(=O)CC(c3ccsc3)N2)c1. The number of hydrogen-bond donors (Lipinski definition) is 3. The van der Waals surface area contributed by atoms with E-state index in [0.717, 1.165) is 16.7 Å². The molecule has 2 aromatic rings. The van der Waals surface area contributed by atoms with E-state index < -0.39 is 0 Å². The van der Waals surface area contributed by atoms with E-state index in [2.05, 4.69) is 16.0 Å². The van der Waals surface area contributed by atoms with Crippen molar-refractivity contribution in [2.45, 2.75) is 39.0 Å². The van der Waals surface area contributed by atoms with Gasteiger partial charge in [0.2, 0.25) is 11.8 Å². The van der Waals surface area contributed by atoms with E-state index in [4.69, 9.17) is 11.6 Å². The number of carbonyl (C=O) groups excluding carboxylic acids is 2. The van der Waals surface area contributed by atoms with Crippen molar-refractivity contribution in [3.05, 3.63) is 56.7 Å². The molecule has 5 nitrogen and oxygen atoms in total. The Balaban J connectivity index is 1.77. The van der Waals surface area contributed by atoms with Crippen LogP contribution in [-0.2, 0) is 16.1 Å². The number of nitrogens with one attached hydrogen (secondary N) is 3. The summed E-state index contributed by atoms with van der Waals surface area (Å²) in [5.74, 6) is -0.0740. The van der Waals surface area contributed by atoms with Crippen LogP contribution in [0.2, 0.25) is 5.02 Å². The first-order valence-corrected chi connectivity index (χ1v) is 9.89. The molecule has 138 valence electrons. The van der Waals surface area contributed by atoms with Crippen molar-refractivity contribution in [3.8, 4) is 0 Å². The van der Waals surface area contributed by atoms with Crippen LogP contribution in [0, 0.1) is 5.92 Å². The fourth-order valence-corrected chi connectivity index (χ4v) is 3.82. The molecule has 1 saturated heterocycles. The van der Waals surface area contributed by atoms with Crippen LogP contribution in [0.1, 0.15) is 49.2 Å². The summed E-state index contributed by atoms with van der Waals surface area (Å²) < 4.78 is 0. The van der Waals surface area contributed by atoms with E-state index in [1.54, 1.807) is 17.4 Å². The van der Waals surface area contributed by atoms with Gasteiger partial charge in [0.1, 0.15) is 6.17 Å². The van der Waals surface area contributed by atoms with Crippen molar-refractivity contribution >= 4 is 34.8 Å². The molecule has 1 fully saturated rings. The lowest BCUT2D eigenvalue weighted by Gasteiger charge is -2.32. The van der Waals surface area contributed by atoms with Gasteiger partial charge < -0.3 is 10.6 Å². The van der Waals surface area contributed by atoms with Gasteiger partial charge in [-0.25, -0.2) is 0 Å². The smallest absolute Gasteiger partial charge is 0.223 e. The average Bonchev–Trinajstić information content (AvgIpc) is 3.14. The predicted octanol–water partition coefficient (Wildman–Crippen LogP) is 3.52. The molecule has 3 rings (SSSR count). The third-order valence-corrected chi connectivity index (χ3v) is 5.42. The third kappa shape index (κ3) is 4.44. The first-order valence-electron chi connectivity index (χ1n) is 8.57. The Morgan fingerprint density at radius 1 is 1.38 bits per heavy atom. The van der Waals surface area contributed by atoms with E-state index in [1.807, 2.05) is 42.8 Å². The summed E-state index contributed by atoms with van der Waals surface area (Å²) in [5, 5.41) is 13.9. The molecule has 1 aliphatic heterocycles. The monoisotopic (exact) mass is 391 g/mol. The van der Waals surface area contributed by atoms with E-state index in [0.29, 0.717) is 18.0 Å². The van der Waals surface area contributed by atoms with Gasteiger partial charge in [0.05, 0.1) is 0 Å². The van der Waals surface area contributed by atoms with Crippen LogP contribution in [-0.4, -0.2) is 11.8 Å². The van der Waals surface area contributed by atoms with Crippen molar-refractivity contribution in [2.24, 2.45) is 5.92 Å². The van der Waals surface area contributed by atoms with E-state index >= 15 is 0 Å². The molecule has 1 aromatic carbocycles. The van der Waals surface area contributed by atoms with Gasteiger partial charge in [0.25, 0.3) is 0 Å². The van der Waals surface area contributed by atoms with Crippen molar-refractivity contribution < 1.29 is 9.59 Å². The molecule has 0 aliphatic carbocycles. The van der Waals surface area contributed by atoms with E-state index in [9.17, 15) is 9.59 Å². The van der Waals surface area contributed by atoms with Crippen LogP contribution in [0.25, 0.3) is 0 Å². The lowest BCUT2D eigenvalue weighted by molar-refractivity contribution is -0.125. The summed E-state index contributed by atoms with van der Waals surface area (Å²) in [6.45, 7) is 4.14. The highest BCUT2D eigenvalue weighted by molar-refractivity contribution is 7.08. The van der Waals surface area contributed by atoms with Gasteiger partial charge in [-0.2, -0.15) is 11.3 Å². The van der Waals surface area contributed by atoms with E-state index in [-0.39, 0.29) is 29.9 Å². The Kier molecular flexibility index (Phi) is 5.96. The van der Waals surface area contributed by atoms with Crippen LogP contribution >= 0.6 is 22.9 Å². The second kappa shape index (κ2) is 8.20. The lowest BCUT2D eigenvalue weighted by Crippen LogP contribution is -2.46. The van der Waals surface area contributed by atoms with Gasteiger partial charge in [-0.1, -0.05) is 31.5 Å². The number of hydrogen-bond acceptors (Lipinski definition) is 4. The zero-order valence-electron chi connectivity index (χ0n) is 14.7. The molecule has 0 bridgehead atoms. The second-order valence-corrected chi connectivity index (χ2v) is 7.90. The predicted molar refractivity (Wildman–Crippen MR) is 104 cm³/mol. The lowest BCUT2D eigenvalue weighted by atomic mass is 10.0. The van der Waals surface area contributed by atoms with Crippen LogP contribution in [0.3, 0.4) is 0 Å². The molecular weight excluding hydrogens is 370 g/mol. The molecule has 26 heavy (non-hydrogen) atoms. The molecule has 0 spiro atoms. The standard InChI is InChI=1S/C19H22ClN3O2S/c1-11(2)19(25)21-9-12-3-4-15(20)14(7-12)18-22-16(8-17(24)23-18)13-5-6-26-10-13/h3-7,10-11,16,18,22H,8-9H2,1-2H3,(H,21,25)(H,23,24). The maximum atomic E-state index is 12.2. The normalized spacial score (nSPS) is 20.1. The zero-order valence-corrected chi connectivity index (χ0v) is 16.3. The minimum absolute atomic E-state index is 0.00289. The average molecular weight is 392 g/mol. The van der Waals surface area contributed by atoms with Gasteiger partial charge in [-0.3, -0.25) is 14.9 Å². The van der Waals surface area contributed by atoms with Crippen molar-refractivity contribution in [2.75, 3.05) is 0 Å². The van der Waals surface area contributed by atoms with Crippen molar-refractivity contribution in [1.82, 2.24) is 16.0 Å². The Bertz CT molecular complexity index is 792. The quantitative estimate of drug-likeness (QED) is 0.730. The molecule has 2 heterocycles. The largest absolute Gasteiger partial charge is 0.352 e. The fraction of sp³-hybridized carbons (Fsp3) is 0.368. The summed E-state index contributed by atoms with van der Waals surface area (Å²) in [5.41, 5.74) is 2.84. The molecule has 2 unspecified atom stereocenters. The molecule has 1 aliphatic rings. The molecule has 0 radical (unpaired) electrons. The van der Waals surface area contributed by atoms with Crippen molar-refractivity contribution in [1.29, 1.82) is 0 Å². The Morgan fingerprint density at radius 3 is 2.88 bits per heavy atom. The molecule has 2 atom stereocenters. The highest BCUT2D eigenvalue weighted by atomic mass is 35.5. The Hall–Kier alpha value is -1.89. The van der Waals surface area contributed by atoms with Crippen LogP contribution in [0.5, 0.6) is 0 Å². The number of amides is 2. The Labute approximate surface area is 162 Å². The summed E-state index contributed by atoms with van der Waals surface area (Å²) in [7, 11) is 0. The number of benzene rings is 1. The summed E-state index contributed by atoms with van der Waals surface area (Å²) in [6, 6.07) is 7.60. The summed E-state index contributed by atoms with van der Waals surface area (Å²) in [4.78, 5) is 24.0. The molecule has 0 saturated carbocycles. The fourth-order valence-electron chi connectivity index (χ4n) is 2.88. The zero-order chi connectivity index (χ0) is 18.7. The minimum atomic E-state index is -0.366. The summed E-state index contributed by atoms with van der Waals surface area (Å²) in [6.07, 6.45) is 0.0315. The molecule has 3 N–H and O–H groups in total. The first-order chi connectivity index (χ1) is 12.4. The molecule has 1 aromatic heterocycles. The number of carbonyl (C=O) groups is 2. The first kappa shape index (κ1) is 18.9. The number of halogens is 1.